The van der Waals surface area contributed by atoms with Crippen LogP contribution < -0.4 is 14.9 Å². The van der Waals surface area contributed by atoms with Gasteiger partial charge in [-0.05, 0) is 48.4 Å². The van der Waals surface area contributed by atoms with Crippen molar-refractivity contribution >= 4 is 46.6 Å². The Kier molecular flexibility index (Phi) is 5.83. The van der Waals surface area contributed by atoms with Crippen LogP contribution in [-0.4, -0.2) is 17.6 Å². The van der Waals surface area contributed by atoms with Gasteiger partial charge >= 0.3 is 5.97 Å². The van der Waals surface area contributed by atoms with Crippen LogP contribution in [0.2, 0.25) is 10.0 Å². The molecule has 0 aliphatic carbocycles. The van der Waals surface area contributed by atoms with Crippen molar-refractivity contribution in [3.63, 3.8) is 0 Å². The summed E-state index contributed by atoms with van der Waals surface area (Å²) in [6.07, 6.45) is 1.65. The quantitative estimate of drug-likeness (QED) is 0.539. The van der Waals surface area contributed by atoms with Crippen molar-refractivity contribution in [1.29, 1.82) is 0 Å². The van der Waals surface area contributed by atoms with Crippen molar-refractivity contribution in [3.8, 4) is 0 Å². The van der Waals surface area contributed by atoms with E-state index in [9.17, 15) is 14.0 Å². The zero-order valence-electron chi connectivity index (χ0n) is 16.4. The lowest BCUT2D eigenvalue weighted by Crippen LogP contribution is -2.39. The van der Waals surface area contributed by atoms with E-state index < -0.39 is 17.8 Å². The number of carbonyl (C=O) groups is 1. The highest BCUT2D eigenvalue weighted by Crippen LogP contribution is 2.30. The van der Waals surface area contributed by atoms with E-state index in [1.807, 2.05) is 0 Å². The molecule has 0 N–H and O–H groups in total. The maximum atomic E-state index is 13.5. The zero-order chi connectivity index (χ0) is 22.3. The second-order valence-electron chi connectivity index (χ2n) is 6.79. The number of rotatable bonds is 3. The highest BCUT2D eigenvalue weighted by Gasteiger charge is 2.33. The predicted octanol–water partition coefficient (Wildman–Crippen LogP) is 3.85. The molecule has 9 heteroatoms. The van der Waals surface area contributed by atoms with Gasteiger partial charge in [0.25, 0.3) is 5.56 Å². The summed E-state index contributed by atoms with van der Waals surface area (Å²) in [7, 11) is 1.26. The van der Waals surface area contributed by atoms with Gasteiger partial charge in [-0.1, -0.05) is 52.7 Å². The molecule has 2 aromatic carbocycles. The van der Waals surface area contributed by atoms with Gasteiger partial charge in [0.15, 0.2) is 4.80 Å². The van der Waals surface area contributed by atoms with Crippen LogP contribution in [0, 0.1) is 5.82 Å². The number of ether oxygens (including phenoxy) is 1. The molecule has 1 atom stereocenters. The number of halogens is 3. The molecule has 0 amide bonds. The van der Waals surface area contributed by atoms with Crippen molar-refractivity contribution < 1.29 is 13.9 Å². The summed E-state index contributed by atoms with van der Waals surface area (Å²) in [5, 5.41) is 0.887. The van der Waals surface area contributed by atoms with Gasteiger partial charge in [-0.2, -0.15) is 0 Å². The van der Waals surface area contributed by atoms with Crippen LogP contribution in [0.5, 0.6) is 0 Å². The molecule has 0 bridgehead atoms. The lowest BCUT2D eigenvalue weighted by molar-refractivity contribution is -0.136. The number of hydrogen-bond donors (Lipinski definition) is 0. The Morgan fingerprint density at radius 3 is 2.58 bits per heavy atom. The number of hydrogen-bond acceptors (Lipinski definition) is 5. The minimum atomic E-state index is -0.799. The third-order valence-electron chi connectivity index (χ3n) is 4.86. The lowest BCUT2D eigenvalue weighted by atomic mass is 9.96. The van der Waals surface area contributed by atoms with Gasteiger partial charge < -0.3 is 4.74 Å². The summed E-state index contributed by atoms with van der Waals surface area (Å²) in [4.78, 5) is 30.8. The molecular weight excluding hydrogens is 462 g/mol. The highest BCUT2D eigenvalue weighted by atomic mass is 35.5. The Balaban J connectivity index is 1.98. The molecule has 1 aliphatic rings. The Morgan fingerprint density at radius 2 is 1.94 bits per heavy atom. The SMILES string of the molecule is COC(=O)C1=C(C)N=c2s/c(=C/c3ccc(Cl)cc3Cl)c(=O)n2[C@H]1c1ccc(F)cc1. The molecule has 0 spiro atoms. The highest BCUT2D eigenvalue weighted by molar-refractivity contribution is 7.07. The van der Waals surface area contributed by atoms with Crippen LogP contribution in [0.1, 0.15) is 24.1 Å². The van der Waals surface area contributed by atoms with E-state index >= 15 is 0 Å². The first-order valence-electron chi connectivity index (χ1n) is 9.11. The van der Waals surface area contributed by atoms with Crippen LogP contribution in [-0.2, 0) is 9.53 Å². The van der Waals surface area contributed by atoms with E-state index in [4.69, 9.17) is 27.9 Å². The van der Waals surface area contributed by atoms with Gasteiger partial charge in [-0.25, -0.2) is 14.2 Å². The molecule has 0 saturated carbocycles. The molecule has 0 radical (unpaired) electrons. The maximum Gasteiger partial charge on any atom is 0.338 e. The van der Waals surface area contributed by atoms with E-state index in [1.54, 1.807) is 31.2 Å². The van der Waals surface area contributed by atoms with Crippen LogP contribution in [0.3, 0.4) is 0 Å². The molecule has 1 aromatic heterocycles. The first-order chi connectivity index (χ1) is 14.8. The normalized spacial score (nSPS) is 16.2. The van der Waals surface area contributed by atoms with E-state index in [1.165, 1.54) is 47.3 Å². The number of aromatic nitrogens is 1. The monoisotopic (exact) mass is 476 g/mol. The van der Waals surface area contributed by atoms with Crippen LogP contribution in [0.15, 0.2) is 63.5 Å². The molecule has 1 aliphatic heterocycles. The Morgan fingerprint density at radius 1 is 1.23 bits per heavy atom. The van der Waals surface area contributed by atoms with Crippen molar-refractivity contribution in [2.24, 2.45) is 4.99 Å². The Bertz CT molecular complexity index is 1410. The fourth-order valence-corrected chi connectivity index (χ4v) is 4.91. The van der Waals surface area contributed by atoms with Gasteiger partial charge in [0.2, 0.25) is 0 Å². The molecule has 31 heavy (non-hydrogen) atoms. The molecule has 0 saturated heterocycles. The van der Waals surface area contributed by atoms with Gasteiger partial charge in [0.1, 0.15) is 5.82 Å². The lowest BCUT2D eigenvalue weighted by Gasteiger charge is -2.24. The fourth-order valence-electron chi connectivity index (χ4n) is 3.41. The van der Waals surface area contributed by atoms with Gasteiger partial charge in [-0.15, -0.1) is 0 Å². The van der Waals surface area contributed by atoms with Crippen LogP contribution in [0.4, 0.5) is 4.39 Å². The number of allylic oxidation sites excluding steroid dienone is 1. The number of fused-ring (bicyclic) bond motifs is 1. The number of benzene rings is 2. The second-order valence-corrected chi connectivity index (χ2v) is 8.64. The number of thiazole rings is 1. The van der Waals surface area contributed by atoms with Gasteiger partial charge in [-0.3, -0.25) is 9.36 Å². The predicted molar refractivity (Wildman–Crippen MR) is 119 cm³/mol. The Hall–Kier alpha value is -2.74. The fraction of sp³-hybridized carbons (Fsp3) is 0.136. The summed E-state index contributed by atoms with van der Waals surface area (Å²) < 4.78 is 20.3. The molecule has 0 unspecified atom stereocenters. The van der Waals surface area contributed by atoms with Crippen LogP contribution in [0.25, 0.3) is 6.08 Å². The molecule has 4 rings (SSSR count). The summed E-state index contributed by atoms with van der Waals surface area (Å²) in [5.74, 6) is -1.03. The molecule has 3 aromatic rings. The number of carbonyl (C=O) groups excluding carboxylic acids is 1. The maximum absolute atomic E-state index is 13.5. The molecule has 0 fully saturated rings. The molecule has 5 nitrogen and oxygen atoms in total. The average molecular weight is 477 g/mol. The third kappa shape index (κ3) is 3.96. The van der Waals surface area contributed by atoms with E-state index in [0.29, 0.717) is 36.2 Å². The third-order valence-corrected chi connectivity index (χ3v) is 6.41. The first-order valence-corrected chi connectivity index (χ1v) is 10.7. The number of methoxy groups -OCH3 is 1. The topological polar surface area (TPSA) is 60.7 Å². The largest absolute Gasteiger partial charge is 0.466 e. The van der Waals surface area contributed by atoms with Gasteiger partial charge in [0, 0.05) is 10.0 Å². The smallest absolute Gasteiger partial charge is 0.338 e. The van der Waals surface area contributed by atoms with E-state index in [0.717, 1.165) is 0 Å². The van der Waals surface area contributed by atoms with E-state index in [-0.39, 0.29) is 11.1 Å². The number of nitrogens with zero attached hydrogens (tertiary/aromatic N) is 2. The van der Waals surface area contributed by atoms with Crippen molar-refractivity contribution in [1.82, 2.24) is 4.57 Å². The Labute approximate surface area is 190 Å². The van der Waals surface area contributed by atoms with Crippen molar-refractivity contribution in [2.75, 3.05) is 7.11 Å². The molecule has 2 heterocycles. The minimum Gasteiger partial charge on any atom is -0.466 e. The first kappa shape index (κ1) is 21.5. The van der Waals surface area contributed by atoms with E-state index in [2.05, 4.69) is 4.99 Å². The minimum absolute atomic E-state index is 0.220. The van der Waals surface area contributed by atoms with Crippen molar-refractivity contribution in [2.45, 2.75) is 13.0 Å². The molecular formula is C22H15Cl2FN2O3S. The summed E-state index contributed by atoms with van der Waals surface area (Å²) >= 11 is 13.4. The average Bonchev–Trinajstić information content (AvgIpc) is 3.04. The number of esters is 1. The summed E-state index contributed by atoms with van der Waals surface area (Å²) in [6, 6.07) is 9.82. The standard InChI is InChI=1S/C22H15Cl2FN2O3S/c1-11-18(21(29)30-2)19(12-4-7-15(25)8-5-12)27-20(28)17(31-22(27)26-11)9-13-3-6-14(23)10-16(13)24/h3-10,19H,1-2H3/b17-9+/t19-/m0/s1. The second kappa shape index (κ2) is 8.42. The zero-order valence-corrected chi connectivity index (χ0v) is 18.7. The summed E-state index contributed by atoms with van der Waals surface area (Å²) in [5.41, 5.74) is 1.49. The van der Waals surface area contributed by atoms with Crippen LogP contribution >= 0.6 is 34.5 Å². The van der Waals surface area contributed by atoms with Gasteiger partial charge in [0.05, 0.1) is 29.0 Å². The summed E-state index contributed by atoms with van der Waals surface area (Å²) in [6.45, 7) is 1.68. The van der Waals surface area contributed by atoms with Crippen molar-refractivity contribution in [3.05, 3.63) is 100 Å². The molecule has 158 valence electrons.